The Morgan fingerprint density at radius 1 is 1.11 bits per heavy atom. The molecule has 0 aliphatic heterocycles. The zero-order valence-corrected chi connectivity index (χ0v) is 15.2. The molecule has 0 saturated carbocycles. The number of benzene rings is 2. The molecule has 8 heteroatoms. The fraction of sp³-hybridized carbons (Fsp3) is 0.300. The molecule has 0 radical (unpaired) electrons. The van der Waals surface area contributed by atoms with Crippen molar-refractivity contribution >= 4 is 11.9 Å². The summed E-state index contributed by atoms with van der Waals surface area (Å²) in [6.45, 7) is 0.318. The van der Waals surface area contributed by atoms with Crippen molar-refractivity contribution in [2.75, 3.05) is 6.61 Å². The fourth-order valence-corrected chi connectivity index (χ4v) is 2.58. The number of hydrogen-bond acceptors (Lipinski definition) is 3. The van der Waals surface area contributed by atoms with E-state index in [9.17, 15) is 22.8 Å². The van der Waals surface area contributed by atoms with E-state index in [1.54, 1.807) is 37.3 Å². The quantitative estimate of drug-likeness (QED) is 0.711. The first-order valence-corrected chi connectivity index (χ1v) is 8.52. The van der Waals surface area contributed by atoms with E-state index in [4.69, 9.17) is 9.84 Å². The van der Waals surface area contributed by atoms with Crippen molar-refractivity contribution in [3.05, 3.63) is 64.7 Å². The van der Waals surface area contributed by atoms with Gasteiger partial charge < -0.3 is 15.2 Å². The number of rotatable bonds is 8. The number of nitrogens with one attached hydrogen (secondary N) is 1. The molecule has 0 atom stereocenters. The number of amides is 1. The molecule has 0 aliphatic carbocycles. The van der Waals surface area contributed by atoms with Gasteiger partial charge in [0, 0.05) is 18.5 Å². The normalized spacial score (nSPS) is 11.1. The van der Waals surface area contributed by atoms with Crippen LogP contribution in [0.4, 0.5) is 13.2 Å². The zero-order chi connectivity index (χ0) is 20.7. The van der Waals surface area contributed by atoms with Crippen molar-refractivity contribution in [3.63, 3.8) is 0 Å². The molecular formula is C20H20F3NO4. The summed E-state index contributed by atoms with van der Waals surface area (Å²) in [4.78, 5) is 23.3. The third kappa shape index (κ3) is 6.61. The molecule has 0 heterocycles. The molecule has 0 aliphatic rings. The van der Waals surface area contributed by atoms with Crippen LogP contribution in [0.3, 0.4) is 0 Å². The highest BCUT2D eigenvalue weighted by Gasteiger charge is 2.28. The van der Waals surface area contributed by atoms with Gasteiger partial charge in [-0.25, -0.2) is 4.79 Å². The van der Waals surface area contributed by atoms with Gasteiger partial charge in [0.05, 0.1) is 5.56 Å². The average Bonchev–Trinajstić information content (AvgIpc) is 2.63. The first-order valence-electron chi connectivity index (χ1n) is 8.52. The summed E-state index contributed by atoms with van der Waals surface area (Å²) in [6.07, 6.45) is -4.17. The number of alkyl halides is 3. The van der Waals surface area contributed by atoms with Crippen LogP contribution in [0, 0.1) is 6.92 Å². The van der Waals surface area contributed by atoms with Crippen LogP contribution in [0.5, 0.6) is 5.75 Å². The number of carbonyl (C=O) groups is 2. The van der Waals surface area contributed by atoms with Crippen molar-refractivity contribution in [3.8, 4) is 5.75 Å². The van der Waals surface area contributed by atoms with Crippen LogP contribution in [0.2, 0.25) is 0 Å². The summed E-state index contributed by atoms with van der Waals surface area (Å²) in [5.41, 5.74) is 1.83. The topological polar surface area (TPSA) is 75.6 Å². The van der Waals surface area contributed by atoms with Crippen LogP contribution in [-0.2, 0) is 17.8 Å². The molecule has 0 bridgehead atoms. The first-order chi connectivity index (χ1) is 13.2. The molecule has 0 spiro atoms. The number of hydrogen-bond donors (Lipinski definition) is 2. The zero-order valence-electron chi connectivity index (χ0n) is 15.2. The van der Waals surface area contributed by atoms with Crippen molar-refractivity contribution in [1.29, 1.82) is 0 Å². The molecule has 5 nitrogen and oxygen atoms in total. The maximum Gasteiger partial charge on any atom is 0.422 e. The van der Waals surface area contributed by atoms with Crippen LogP contribution in [-0.4, -0.2) is 29.8 Å². The Balaban J connectivity index is 1.95. The molecule has 2 rings (SSSR count). The highest BCUT2D eigenvalue weighted by molar-refractivity contribution is 5.89. The lowest BCUT2D eigenvalue weighted by Gasteiger charge is -2.14. The molecule has 0 unspecified atom stereocenters. The van der Waals surface area contributed by atoms with E-state index in [0.29, 0.717) is 11.1 Å². The molecule has 28 heavy (non-hydrogen) atoms. The smallest absolute Gasteiger partial charge is 0.422 e. The summed E-state index contributed by atoms with van der Waals surface area (Å²) in [5, 5.41) is 11.8. The van der Waals surface area contributed by atoms with E-state index in [2.05, 4.69) is 5.32 Å². The molecule has 0 fully saturated rings. The fourth-order valence-electron chi connectivity index (χ4n) is 2.58. The maximum atomic E-state index is 12.4. The van der Waals surface area contributed by atoms with Gasteiger partial charge in [0.2, 0.25) is 5.91 Å². The number of halogens is 3. The molecule has 1 amide bonds. The van der Waals surface area contributed by atoms with Crippen LogP contribution >= 0.6 is 0 Å². The minimum absolute atomic E-state index is 0.00683. The molecular weight excluding hydrogens is 375 g/mol. The van der Waals surface area contributed by atoms with E-state index in [-0.39, 0.29) is 36.6 Å². The highest BCUT2D eigenvalue weighted by atomic mass is 19.4. The van der Waals surface area contributed by atoms with Crippen molar-refractivity contribution in [1.82, 2.24) is 5.32 Å². The summed E-state index contributed by atoms with van der Waals surface area (Å²) in [7, 11) is 0. The average molecular weight is 395 g/mol. The Kier molecular flexibility index (Phi) is 7.03. The second-order valence-electron chi connectivity index (χ2n) is 6.25. The third-order valence-corrected chi connectivity index (χ3v) is 3.96. The van der Waals surface area contributed by atoms with Gasteiger partial charge in [-0.3, -0.25) is 4.79 Å². The van der Waals surface area contributed by atoms with Crippen molar-refractivity contribution in [2.45, 2.75) is 32.5 Å². The Morgan fingerprint density at radius 2 is 1.82 bits per heavy atom. The summed E-state index contributed by atoms with van der Waals surface area (Å²) >= 11 is 0. The van der Waals surface area contributed by atoms with E-state index < -0.39 is 18.8 Å². The molecule has 2 N–H and O–H groups in total. The standard InChI is InChI=1S/C20H20F3NO4/c1-13-6-7-15(17(10-13)28-12-20(21,22)23)11-24-18(25)9-8-14-4-2-3-5-16(14)19(26)27/h2-7,10H,8-9,11-12H2,1H3,(H,24,25)(H,26,27). The molecule has 2 aromatic carbocycles. The maximum absolute atomic E-state index is 12.4. The van der Waals surface area contributed by atoms with Crippen LogP contribution < -0.4 is 10.1 Å². The Hall–Kier alpha value is -3.03. The van der Waals surface area contributed by atoms with Crippen LogP contribution in [0.15, 0.2) is 42.5 Å². The van der Waals surface area contributed by atoms with Gasteiger partial charge in [0.1, 0.15) is 5.75 Å². The predicted molar refractivity (Wildman–Crippen MR) is 96.3 cm³/mol. The monoisotopic (exact) mass is 395 g/mol. The number of carboxylic acids is 1. The van der Waals surface area contributed by atoms with Gasteiger partial charge in [-0.1, -0.05) is 30.3 Å². The third-order valence-electron chi connectivity index (χ3n) is 3.96. The van der Waals surface area contributed by atoms with Gasteiger partial charge in [-0.2, -0.15) is 13.2 Å². The molecule has 0 aromatic heterocycles. The Labute approximate surface area is 160 Å². The van der Waals surface area contributed by atoms with Gasteiger partial charge in [0.25, 0.3) is 0 Å². The van der Waals surface area contributed by atoms with E-state index >= 15 is 0 Å². The summed E-state index contributed by atoms with van der Waals surface area (Å²) in [5.74, 6) is -1.35. The lowest BCUT2D eigenvalue weighted by molar-refractivity contribution is -0.153. The van der Waals surface area contributed by atoms with Crippen LogP contribution in [0.1, 0.15) is 33.5 Å². The Morgan fingerprint density at radius 3 is 2.50 bits per heavy atom. The first kappa shape index (κ1) is 21.3. The number of aryl methyl sites for hydroxylation is 2. The van der Waals surface area contributed by atoms with Gasteiger partial charge in [-0.05, 0) is 36.6 Å². The number of ether oxygens (including phenoxy) is 1. The molecule has 150 valence electrons. The van der Waals surface area contributed by atoms with E-state index in [1.165, 1.54) is 12.1 Å². The summed E-state index contributed by atoms with van der Waals surface area (Å²) < 4.78 is 42.1. The highest BCUT2D eigenvalue weighted by Crippen LogP contribution is 2.23. The number of carbonyl (C=O) groups excluding carboxylic acids is 1. The number of carboxylic acid groups (broad SMARTS) is 1. The molecule has 2 aromatic rings. The van der Waals surface area contributed by atoms with E-state index in [1.807, 2.05) is 0 Å². The van der Waals surface area contributed by atoms with E-state index in [0.717, 1.165) is 5.56 Å². The largest absolute Gasteiger partial charge is 0.484 e. The van der Waals surface area contributed by atoms with Gasteiger partial charge in [0.15, 0.2) is 6.61 Å². The Bertz CT molecular complexity index is 850. The molecule has 0 saturated heterocycles. The second-order valence-corrected chi connectivity index (χ2v) is 6.25. The minimum Gasteiger partial charge on any atom is -0.484 e. The lowest BCUT2D eigenvalue weighted by Crippen LogP contribution is -2.24. The van der Waals surface area contributed by atoms with Crippen molar-refractivity contribution < 1.29 is 32.6 Å². The van der Waals surface area contributed by atoms with Gasteiger partial charge >= 0.3 is 12.1 Å². The lowest BCUT2D eigenvalue weighted by atomic mass is 10.0. The predicted octanol–water partition coefficient (Wildman–Crippen LogP) is 3.88. The SMILES string of the molecule is Cc1ccc(CNC(=O)CCc2ccccc2C(=O)O)c(OCC(F)(F)F)c1. The van der Waals surface area contributed by atoms with Crippen LogP contribution in [0.25, 0.3) is 0 Å². The summed E-state index contributed by atoms with van der Waals surface area (Å²) in [6, 6.07) is 11.2. The number of aromatic carboxylic acids is 1. The van der Waals surface area contributed by atoms with Crippen molar-refractivity contribution in [2.24, 2.45) is 0 Å². The van der Waals surface area contributed by atoms with Gasteiger partial charge in [-0.15, -0.1) is 0 Å². The second kappa shape index (κ2) is 9.25. The minimum atomic E-state index is -4.46.